The van der Waals surface area contributed by atoms with E-state index in [0.29, 0.717) is 6.42 Å². The first-order valence-corrected chi connectivity index (χ1v) is 6.62. The average molecular weight is 253 g/mol. The molecule has 94 valence electrons. The Bertz CT molecular complexity index is 352. The number of nitrogens with one attached hydrogen (secondary N) is 1. The number of aliphatic hydroxyl groups excluding tert-OH is 1. The van der Waals surface area contributed by atoms with Crippen LogP contribution in [0.2, 0.25) is 0 Å². The normalized spacial score (nSPS) is 11.2. The summed E-state index contributed by atoms with van der Waals surface area (Å²) in [5.74, 6) is 0.727. The Morgan fingerprint density at radius 3 is 2.59 bits per heavy atom. The third-order valence-corrected chi connectivity index (χ3v) is 3.23. The number of thioether (sulfide) groups is 1. The Labute approximate surface area is 107 Å². The highest BCUT2D eigenvalue weighted by Crippen LogP contribution is 2.17. The van der Waals surface area contributed by atoms with Crippen LogP contribution >= 0.6 is 11.8 Å². The molecule has 1 amide bonds. The lowest BCUT2D eigenvalue weighted by atomic mass is 10.1. The van der Waals surface area contributed by atoms with Crippen LogP contribution in [0.1, 0.15) is 20.3 Å². The fraction of sp³-hybridized carbons (Fsp3) is 0.462. The summed E-state index contributed by atoms with van der Waals surface area (Å²) in [7, 11) is 0. The average Bonchev–Trinajstić information content (AvgIpc) is 2.30. The van der Waals surface area contributed by atoms with Gasteiger partial charge in [0.15, 0.2) is 0 Å². The number of carbonyl (C=O) groups is 1. The highest BCUT2D eigenvalue weighted by atomic mass is 32.2. The number of benzene rings is 1. The summed E-state index contributed by atoms with van der Waals surface area (Å²) in [5, 5.41) is 11.8. The molecule has 4 heteroatoms. The van der Waals surface area contributed by atoms with Crippen LogP contribution in [0.5, 0.6) is 0 Å². The van der Waals surface area contributed by atoms with Crippen LogP contribution in [0, 0.1) is 0 Å². The first-order valence-electron chi connectivity index (χ1n) is 5.63. The predicted molar refractivity (Wildman–Crippen MR) is 71.1 cm³/mol. The molecular weight excluding hydrogens is 234 g/mol. The van der Waals surface area contributed by atoms with Crippen molar-refractivity contribution >= 4 is 17.7 Å². The van der Waals surface area contributed by atoms with Gasteiger partial charge >= 0.3 is 0 Å². The fourth-order valence-corrected chi connectivity index (χ4v) is 2.13. The van der Waals surface area contributed by atoms with E-state index in [1.807, 2.05) is 30.3 Å². The van der Waals surface area contributed by atoms with Gasteiger partial charge in [-0.1, -0.05) is 18.2 Å². The van der Waals surface area contributed by atoms with Crippen molar-refractivity contribution < 1.29 is 9.90 Å². The molecule has 0 aromatic heterocycles. The Kier molecular flexibility index (Phi) is 5.51. The van der Waals surface area contributed by atoms with Crippen molar-refractivity contribution in [2.45, 2.75) is 30.7 Å². The zero-order valence-corrected chi connectivity index (χ0v) is 11.1. The molecule has 0 saturated heterocycles. The van der Waals surface area contributed by atoms with Gasteiger partial charge in [0, 0.05) is 17.1 Å². The van der Waals surface area contributed by atoms with E-state index in [1.165, 1.54) is 4.90 Å². The molecule has 2 N–H and O–H groups in total. The quantitative estimate of drug-likeness (QED) is 0.763. The number of amides is 1. The number of carbonyl (C=O) groups excluding carboxylic acids is 1. The SMILES string of the molecule is CC(C)(CO)NC(=O)CCSc1ccccc1. The van der Waals surface area contributed by atoms with Crippen LogP contribution < -0.4 is 5.32 Å². The van der Waals surface area contributed by atoms with E-state index in [2.05, 4.69) is 5.32 Å². The molecular formula is C13H19NO2S. The maximum Gasteiger partial charge on any atom is 0.221 e. The largest absolute Gasteiger partial charge is 0.394 e. The molecule has 0 bridgehead atoms. The van der Waals surface area contributed by atoms with Gasteiger partial charge < -0.3 is 10.4 Å². The van der Waals surface area contributed by atoms with Crippen molar-refractivity contribution in [3.8, 4) is 0 Å². The molecule has 0 unspecified atom stereocenters. The van der Waals surface area contributed by atoms with Crippen LogP contribution in [0.15, 0.2) is 35.2 Å². The minimum Gasteiger partial charge on any atom is -0.394 e. The van der Waals surface area contributed by atoms with Crippen LogP contribution in [0.25, 0.3) is 0 Å². The molecule has 0 aliphatic heterocycles. The van der Waals surface area contributed by atoms with Crippen LogP contribution in [-0.4, -0.2) is 28.9 Å². The molecule has 17 heavy (non-hydrogen) atoms. The molecule has 1 rings (SSSR count). The van der Waals surface area contributed by atoms with Crippen LogP contribution in [0.3, 0.4) is 0 Å². The van der Waals surface area contributed by atoms with Gasteiger partial charge in [-0.15, -0.1) is 11.8 Å². The monoisotopic (exact) mass is 253 g/mol. The van der Waals surface area contributed by atoms with Gasteiger partial charge in [-0.2, -0.15) is 0 Å². The van der Waals surface area contributed by atoms with E-state index in [4.69, 9.17) is 5.11 Å². The Morgan fingerprint density at radius 1 is 1.35 bits per heavy atom. The molecule has 0 aliphatic carbocycles. The second-order valence-electron chi connectivity index (χ2n) is 4.50. The molecule has 1 aromatic rings. The summed E-state index contributed by atoms with van der Waals surface area (Å²) in [6.45, 7) is 3.55. The van der Waals surface area contributed by atoms with Crippen molar-refractivity contribution in [3.05, 3.63) is 30.3 Å². The van der Waals surface area contributed by atoms with Gasteiger partial charge in [-0.05, 0) is 26.0 Å². The van der Waals surface area contributed by atoms with Gasteiger partial charge in [0.05, 0.1) is 12.1 Å². The summed E-state index contributed by atoms with van der Waals surface area (Å²) in [5.41, 5.74) is -0.533. The maximum atomic E-state index is 11.6. The van der Waals surface area contributed by atoms with E-state index in [9.17, 15) is 4.79 Å². The second kappa shape index (κ2) is 6.67. The number of rotatable bonds is 6. The molecule has 0 aliphatic rings. The topological polar surface area (TPSA) is 49.3 Å². The molecule has 0 radical (unpaired) electrons. The van der Waals surface area contributed by atoms with E-state index >= 15 is 0 Å². The first kappa shape index (κ1) is 14.1. The van der Waals surface area contributed by atoms with E-state index in [-0.39, 0.29) is 12.5 Å². The summed E-state index contributed by atoms with van der Waals surface area (Å²) in [6, 6.07) is 10.00. The van der Waals surface area contributed by atoms with E-state index in [0.717, 1.165) is 5.75 Å². The van der Waals surface area contributed by atoms with Crippen molar-refractivity contribution in [2.75, 3.05) is 12.4 Å². The van der Waals surface area contributed by atoms with E-state index < -0.39 is 5.54 Å². The smallest absolute Gasteiger partial charge is 0.221 e. The number of aliphatic hydroxyl groups is 1. The minimum atomic E-state index is -0.533. The lowest BCUT2D eigenvalue weighted by molar-refractivity contribution is -0.122. The van der Waals surface area contributed by atoms with Crippen LogP contribution in [0.4, 0.5) is 0 Å². The zero-order valence-electron chi connectivity index (χ0n) is 10.3. The molecule has 0 spiro atoms. The summed E-state index contributed by atoms with van der Waals surface area (Å²) < 4.78 is 0. The highest BCUT2D eigenvalue weighted by molar-refractivity contribution is 7.99. The maximum absolute atomic E-state index is 11.6. The van der Waals surface area contributed by atoms with Gasteiger partial charge in [0.2, 0.25) is 5.91 Å². The van der Waals surface area contributed by atoms with Gasteiger partial charge in [-0.3, -0.25) is 4.79 Å². The molecule has 0 atom stereocenters. The lowest BCUT2D eigenvalue weighted by Gasteiger charge is -2.23. The standard InChI is InChI=1S/C13H19NO2S/c1-13(2,10-15)14-12(16)8-9-17-11-6-4-3-5-7-11/h3-7,15H,8-10H2,1-2H3,(H,14,16). The second-order valence-corrected chi connectivity index (χ2v) is 5.67. The van der Waals surface area contributed by atoms with Crippen molar-refractivity contribution in [2.24, 2.45) is 0 Å². The Balaban J connectivity index is 2.25. The highest BCUT2D eigenvalue weighted by Gasteiger charge is 2.18. The minimum absolute atomic E-state index is 0.0209. The van der Waals surface area contributed by atoms with E-state index in [1.54, 1.807) is 25.6 Å². The Morgan fingerprint density at radius 2 is 2.00 bits per heavy atom. The lowest BCUT2D eigenvalue weighted by Crippen LogP contribution is -2.46. The predicted octanol–water partition coefficient (Wildman–Crippen LogP) is 2.06. The van der Waals surface area contributed by atoms with Crippen LogP contribution in [-0.2, 0) is 4.79 Å². The van der Waals surface area contributed by atoms with Gasteiger partial charge in [-0.25, -0.2) is 0 Å². The summed E-state index contributed by atoms with van der Waals surface area (Å²) >= 11 is 1.66. The van der Waals surface area contributed by atoms with Crippen molar-refractivity contribution in [1.82, 2.24) is 5.32 Å². The first-order chi connectivity index (χ1) is 8.03. The fourth-order valence-electron chi connectivity index (χ4n) is 1.26. The van der Waals surface area contributed by atoms with Gasteiger partial charge in [0.25, 0.3) is 0 Å². The third-order valence-electron chi connectivity index (χ3n) is 2.21. The summed E-state index contributed by atoms with van der Waals surface area (Å²) in [4.78, 5) is 12.7. The molecule has 0 saturated carbocycles. The van der Waals surface area contributed by atoms with Crippen molar-refractivity contribution in [3.63, 3.8) is 0 Å². The number of hydrogen-bond acceptors (Lipinski definition) is 3. The Hall–Kier alpha value is -1.00. The van der Waals surface area contributed by atoms with Crippen molar-refractivity contribution in [1.29, 1.82) is 0 Å². The third kappa shape index (κ3) is 5.75. The number of hydrogen-bond donors (Lipinski definition) is 2. The van der Waals surface area contributed by atoms with Gasteiger partial charge in [0.1, 0.15) is 0 Å². The molecule has 3 nitrogen and oxygen atoms in total. The molecule has 1 aromatic carbocycles. The molecule has 0 fully saturated rings. The zero-order chi connectivity index (χ0) is 12.7. The molecule has 0 heterocycles. The summed E-state index contributed by atoms with van der Waals surface area (Å²) in [6.07, 6.45) is 0.461.